The summed E-state index contributed by atoms with van der Waals surface area (Å²) in [5, 5.41) is 11.2. The lowest BCUT2D eigenvalue weighted by Gasteiger charge is -2.30. The van der Waals surface area contributed by atoms with E-state index in [1.54, 1.807) is 4.90 Å². The van der Waals surface area contributed by atoms with E-state index in [0.717, 1.165) is 66.1 Å². The summed E-state index contributed by atoms with van der Waals surface area (Å²) in [5.74, 6) is 2.45. The summed E-state index contributed by atoms with van der Waals surface area (Å²) in [7, 11) is 0. The normalized spacial score (nSPS) is 21.5. The third kappa shape index (κ3) is 5.19. The fraction of sp³-hybridized carbons (Fsp3) is 0.478. The topological polar surface area (TPSA) is 56.8 Å². The van der Waals surface area contributed by atoms with Crippen LogP contribution in [0.15, 0.2) is 30.3 Å². The van der Waals surface area contributed by atoms with Gasteiger partial charge in [-0.15, -0.1) is 0 Å². The lowest BCUT2D eigenvalue weighted by molar-refractivity contribution is -1.02. The maximum Gasteiger partial charge on any atom is 0.231 e. The van der Waals surface area contributed by atoms with Crippen molar-refractivity contribution < 1.29 is 29.1 Å². The zero-order valence-corrected chi connectivity index (χ0v) is 18.4. The van der Waals surface area contributed by atoms with Gasteiger partial charge in [-0.05, 0) is 55.3 Å². The molecular weight excluding hydrogens is 404 g/mol. The second kappa shape index (κ2) is 9.43. The highest BCUT2D eigenvalue weighted by atomic mass is 35.5. The Kier molecular flexibility index (Phi) is 6.68. The second-order valence-corrected chi connectivity index (χ2v) is 8.78. The summed E-state index contributed by atoms with van der Waals surface area (Å²) in [6.07, 6.45) is -0.480. The molecule has 162 valence electrons. The molecule has 2 aromatic rings. The first-order chi connectivity index (χ1) is 14.5. The fourth-order valence-corrected chi connectivity index (χ4v) is 4.36. The molecule has 0 amide bonds. The number of aliphatic hydroxyl groups is 1. The average molecular weight is 435 g/mol. The van der Waals surface area contributed by atoms with Crippen molar-refractivity contribution in [3.63, 3.8) is 0 Å². The molecule has 1 fully saturated rings. The lowest BCUT2D eigenvalue weighted by atomic mass is 10.1. The minimum atomic E-state index is -0.480. The van der Waals surface area contributed by atoms with Gasteiger partial charge >= 0.3 is 0 Å². The van der Waals surface area contributed by atoms with Crippen molar-refractivity contribution in [1.82, 2.24) is 0 Å². The minimum Gasteiger partial charge on any atom is -0.491 e. The van der Waals surface area contributed by atoms with Gasteiger partial charge in [0.05, 0.1) is 0 Å². The molecule has 1 atom stereocenters. The van der Waals surface area contributed by atoms with Crippen LogP contribution in [0.2, 0.25) is 5.02 Å². The predicted octanol–water partition coefficient (Wildman–Crippen LogP) is 0.409. The van der Waals surface area contributed by atoms with Crippen LogP contribution in [0.4, 0.5) is 0 Å². The summed E-state index contributed by atoms with van der Waals surface area (Å²) < 4.78 is 16.7. The Morgan fingerprint density at radius 1 is 1.00 bits per heavy atom. The van der Waals surface area contributed by atoms with Crippen LogP contribution in [-0.4, -0.2) is 57.3 Å². The quantitative estimate of drug-likeness (QED) is 0.591. The molecule has 0 radical (unpaired) electrons. The highest BCUT2D eigenvalue weighted by Gasteiger charge is 2.26. The first kappa shape index (κ1) is 21.2. The third-order valence-corrected chi connectivity index (χ3v) is 6.53. The van der Waals surface area contributed by atoms with Crippen molar-refractivity contribution >= 4 is 11.6 Å². The van der Waals surface area contributed by atoms with E-state index in [0.29, 0.717) is 19.9 Å². The summed E-state index contributed by atoms with van der Waals surface area (Å²) in [4.78, 5) is 3.00. The molecule has 0 unspecified atom stereocenters. The van der Waals surface area contributed by atoms with E-state index in [2.05, 4.69) is 12.1 Å². The highest BCUT2D eigenvalue weighted by Crippen LogP contribution is 2.32. The number of rotatable bonds is 7. The summed E-state index contributed by atoms with van der Waals surface area (Å²) in [5.41, 5.74) is 3.27. The lowest BCUT2D eigenvalue weighted by Crippen LogP contribution is -3.28. The van der Waals surface area contributed by atoms with Crippen molar-refractivity contribution in [2.75, 3.05) is 46.1 Å². The molecule has 0 bridgehead atoms. The summed E-state index contributed by atoms with van der Waals surface area (Å²) >= 11 is 6.21. The van der Waals surface area contributed by atoms with Crippen molar-refractivity contribution in [2.24, 2.45) is 0 Å². The van der Waals surface area contributed by atoms with Crippen LogP contribution in [0.5, 0.6) is 17.2 Å². The number of hydrogen-bond acceptors (Lipinski definition) is 4. The van der Waals surface area contributed by atoms with Gasteiger partial charge in [0, 0.05) is 10.6 Å². The zero-order chi connectivity index (χ0) is 21.1. The molecule has 7 heteroatoms. The molecule has 0 aliphatic carbocycles. The first-order valence-corrected chi connectivity index (χ1v) is 11.0. The number of ether oxygens (including phenoxy) is 3. The number of aryl methyl sites for hydroxylation is 2. The Morgan fingerprint density at radius 2 is 1.67 bits per heavy atom. The molecule has 2 heterocycles. The van der Waals surface area contributed by atoms with Gasteiger partial charge in [-0.1, -0.05) is 11.6 Å². The van der Waals surface area contributed by atoms with Gasteiger partial charge in [-0.25, -0.2) is 0 Å². The Bertz CT molecular complexity index is 860. The van der Waals surface area contributed by atoms with Crippen molar-refractivity contribution in [3.8, 4) is 17.2 Å². The Hall–Kier alpha value is -1.99. The molecule has 2 aliphatic rings. The largest absolute Gasteiger partial charge is 0.491 e. The monoisotopic (exact) mass is 434 g/mol. The average Bonchev–Trinajstić information content (AvgIpc) is 3.20. The van der Waals surface area contributed by atoms with Gasteiger partial charge in [-0.3, -0.25) is 0 Å². The van der Waals surface area contributed by atoms with Crippen LogP contribution in [0, 0.1) is 13.8 Å². The number of benzene rings is 2. The Labute approximate surface area is 182 Å². The number of halogens is 1. The van der Waals surface area contributed by atoms with E-state index < -0.39 is 6.10 Å². The van der Waals surface area contributed by atoms with Crippen molar-refractivity contribution in [3.05, 3.63) is 52.0 Å². The predicted molar refractivity (Wildman–Crippen MR) is 115 cm³/mol. The van der Waals surface area contributed by atoms with E-state index in [4.69, 9.17) is 25.8 Å². The number of aliphatic hydroxyl groups excluding tert-OH is 1. The molecule has 0 saturated carbocycles. The van der Waals surface area contributed by atoms with Crippen LogP contribution in [-0.2, 0) is 6.54 Å². The first-order valence-electron chi connectivity index (χ1n) is 10.6. The van der Waals surface area contributed by atoms with Gasteiger partial charge in [0.25, 0.3) is 0 Å². The molecule has 0 aromatic heterocycles. The third-order valence-electron chi connectivity index (χ3n) is 5.93. The van der Waals surface area contributed by atoms with Crippen LogP contribution in [0.1, 0.15) is 16.7 Å². The van der Waals surface area contributed by atoms with Gasteiger partial charge in [0.15, 0.2) is 11.5 Å². The molecule has 1 saturated heterocycles. The van der Waals surface area contributed by atoms with E-state index in [1.165, 1.54) is 10.5 Å². The minimum absolute atomic E-state index is 0.303. The summed E-state index contributed by atoms with van der Waals surface area (Å²) in [6.45, 7) is 10.5. The number of quaternary nitrogens is 2. The van der Waals surface area contributed by atoms with Crippen molar-refractivity contribution in [2.45, 2.75) is 26.5 Å². The Morgan fingerprint density at radius 3 is 2.40 bits per heavy atom. The standard InChI is InChI=1S/C23H29ClN2O4/c1-16-9-20(10-17(2)23(16)24)28-14-19(27)13-26-7-5-25(6-8-26)12-18-3-4-21-22(11-18)30-15-29-21/h3-4,9-11,19,27H,5-8,12-15H2,1-2H3/p+2/t19-/m1/s1. The van der Waals surface area contributed by atoms with Crippen LogP contribution in [0.3, 0.4) is 0 Å². The smallest absolute Gasteiger partial charge is 0.231 e. The van der Waals surface area contributed by atoms with E-state index >= 15 is 0 Å². The second-order valence-electron chi connectivity index (χ2n) is 8.40. The zero-order valence-electron chi connectivity index (χ0n) is 17.7. The maximum absolute atomic E-state index is 10.4. The number of nitrogens with one attached hydrogen (secondary N) is 2. The van der Waals surface area contributed by atoms with Crippen LogP contribution < -0.4 is 24.0 Å². The van der Waals surface area contributed by atoms with E-state index in [-0.39, 0.29) is 0 Å². The van der Waals surface area contributed by atoms with Crippen molar-refractivity contribution in [1.29, 1.82) is 0 Å². The molecular formula is C23H31ClN2O4+2. The molecule has 0 spiro atoms. The SMILES string of the molecule is Cc1cc(OC[C@H](O)C[NH+]2CC[NH+](Cc3ccc4c(c3)OCO4)CC2)cc(C)c1Cl. The van der Waals surface area contributed by atoms with E-state index in [9.17, 15) is 5.11 Å². The van der Waals surface area contributed by atoms with Gasteiger partial charge in [-0.2, -0.15) is 0 Å². The van der Waals surface area contributed by atoms with Crippen LogP contribution in [0.25, 0.3) is 0 Å². The molecule has 30 heavy (non-hydrogen) atoms. The molecule has 4 rings (SSSR count). The number of hydrogen-bond donors (Lipinski definition) is 3. The summed E-state index contributed by atoms with van der Waals surface area (Å²) in [6, 6.07) is 10.1. The Balaban J connectivity index is 1.20. The number of piperazine rings is 1. The van der Waals surface area contributed by atoms with E-state index in [1.807, 2.05) is 32.0 Å². The van der Waals surface area contributed by atoms with Gasteiger partial charge in [0.2, 0.25) is 6.79 Å². The molecule has 6 nitrogen and oxygen atoms in total. The van der Waals surface area contributed by atoms with Crippen LogP contribution >= 0.6 is 11.6 Å². The molecule has 2 aliphatic heterocycles. The number of fused-ring (bicyclic) bond motifs is 1. The highest BCUT2D eigenvalue weighted by molar-refractivity contribution is 6.32. The maximum atomic E-state index is 10.4. The molecule has 3 N–H and O–H groups in total. The molecule has 2 aromatic carbocycles. The van der Waals surface area contributed by atoms with Gasteiger partial charge in [0.1, 0.15) is 57.7 Å². The fourth-order valence-electron chi connectivity index (χ4n) is 4.25. The van der Waals surface area contributed by atoms with Gasteiger partial charge < -0.3 is 29.1 Å².